The molecule has 0 bridgehead atoms. The van der Waals surface area contributed by atoms with Gasteiger partial charge in [-0.25, -0.2) is 0 Å². The smallest absolute Gasteiger partial charge is 0.231 e. The van der Waals surface area contributed by atoms with Crippen molar-refractivity contribution in [1.82, 2.24) is 0 Å². The van der Waals surface area contributed by atoms with E-state index in [1.807, 2.05) is 18.2 Å². The molecule has 1 heterocycles. The monoisotopic (exact) mass is 277 g/mol. The maximum atomic E-state index is 11.0. The van der Waals surface area contributed by atoms with Crippen molar-refractivity contribution < 1.29 is 24.3 Å². The highest BCUT2D eigenvalue weighted by Gasteiger charge is 2.26. The minimum atomic E-state index is -0.979. The van der Waals surface area contributed by atoms with Crippen LogP contribution in [-0.2, 0) is 11.3 Å². The summed E-state index contributed by atoms with van der Waals surface area (Å²) in [5.41, 5.74) is 1.08. The fourth-order valence-electron chi connectivity index (χ4n) is 3.18. The average molecular weight is 277 g/mol. The van der Waals surface area contributed by atoms with Gasteiger partial charge in [0.1, 0.15) is 13.1 Å². The molecule has 3 rings (SSSR count). The van der Waals surface area contributed by atoms with Crippen molar-refractivity contribution >= 4 is 5.97 Å². The second-order valence-corrected chi connectivity index (χ2v) is 5.55. The number of carbonyl (C=O) groups excluding carboxylic acids is 1. The van der Waals surface area contributed by atoms with Crippen molar-refractivity contribution in [3.05, 3.63) is 23.8 Å². The molecule has 1 unspecified atom stereocenters. The van der Waals surface area contributed by atoms with Crippen LogP contribution in [0, 0.1) is 0 Å². The Kier molecular flexibility index (Phi) is 3.78. The van der Waals surface area contributed by atoms with Gasteiger partial charge in [-0.3, -0.25) is 0 Å². The minimum Gasteiger partial charge on any atom is -0.544 e. The zero-order chi connectivity index (χ0) is 13.9. The van der Waals surface area contributed by atoms with Crippen LogP contribution >= 0.6 is 0 Å². The van der Waals surface area contributed by atoms with E-state index in [1.54, 1.807) is 0 Å². The lowest BCUT2D eigenvalue weighted by Gasteiger charge is -2.26. The Labute approximate surface area is 118 Å². The molecule has 0 amide bonds. The van der Waals surface area contributed by atoms with Crippen molar-refractivity contribution in [3.63, 3.8) is 0 Å². The number of ether oxygens (including phenoxy) is 2. The molecule has 5 heteroatoms. The first-order chi connectivity index (χ1) is 9.72. The Balaban J connectivity index is 1.73. The molecule has 0 spiro atoms. The van der Waals surface area contributed by atoms with E-state index in [-0.39, 0.29) is 13.3 Å². The number of quaternary nitrogens is 1. The summed E-state index contributed by atoms with van der Waals surface area (Å²) in [4.78, 5) is 12.1. The quantitative estimate of drug-likeness (QED) is 0.787. The van der Waals surface area contributed by atoms with Crippen molar-refractivity contribution in [1.29, 1.82) is 0 Å². The molecule has 1 atom stereocenters. The molecular formula is C15H19NO4. The summed E-state index contributed by atoms with van der Waals surface area (Å²) >= 11 is 0. The highest BCUT2D eigenvalue weighted by Crippen LogP contribution is 2.32. The number of aliphatic carboxylic acids is 1. The average Bonchev–Trinajstić information content (AvgIpc) is 3.08. The molecule has 1 fully saturated rings. The number of carboxylic acid groups (broad SMARTS) is 1. The van der Waals surface area contributed by atoms with E-state index in [9.17, 15) is 9.90 Å². The number of nitrogens with one attached hydrogen (secondary N) is 1. The lowest BCUT2D eigenvalue weighted by molar-refractivity contribution is -0.932. The number of carbonyl (C=O) groups is 1. The molecule has 1 N–H and O–H groups in total. The fraction of sp³-hybridized carbons (Fsp3) is 0.533. The molecule has 1 saturated carbocycles. The number of fused-ring (bicyclic) bond motifs is 1. The molecule has 1 aromatic carbocycles. The van der Waals surface area contributed by atoms with Crippen LogP contribution in [0.25, 0.3) is 0 Å². The van der Waals surface area contributed by atoms with E-state index in [0.29, 0.717) is 12.6 Å². The first-order valence-corrected chi connectivity index (χ1v) is 7.15. The summed E-state index contributed by atoms with van der Waals surface area (Å²) in [5, 5.41) is 11.0. The molecule has 20 heavy (non-hydrogen) atoms. The zero-order valence-electron chi connectivity index (χ0n) is 11.4. The first kappa shape index (κ1) is 13.2. The minimum absolute atomic E-state index is 0.0686. The number of hydrogen-bond donors (Lipinski definition) is 1. The van der Waals surface area contributed by atoms with Crippen LogP contribution in [0.5, 0.6) is 11.5 Å². The van der Waals surface area contributed by atoms with E-state index >= 15 is 0 Å². The van der Waals surface area contributed by atoms with Gasteiger partial charge in [0, 0.05) is 5.56 Å². The van der Waals surface area contributed by atoms with Crippen molar-refractivity contribution in [2.24, 2.45) is 0 Å². The third kappa shape index (κ3) is 2.88. The predicted molar refractivity (Wildman–Crippen MR) is 69.4 cm³/mol. The molecular weight excluding hydrogens is 258 g/mol. The molecule has 1 aliphatic heterocycles. The predicted octanol–water partition coefficient (Wildman–Crippen LogP) is -0.507. The normalized spacial score (nSPS) is 19.2. The van der Waals surface area contributed by atoms with Crippen LogP contribution in [0.2, 0.25) is 0 Å². The van der Waals surface area contributed by atoms with Gasteiger partial charge in [0.2, 0.25) is 6.79 Å². The summed E-state index contributed by atoms with van der Waals surface area (Å²) in [7, 11) is 0. The van der Waals surface area contributed by atoms with Gasteiger partial charge in [0.15, 0.2) is 11.5 Å². The highest BCUT2D eigenvalue weighted by atomic mass is 16.7. The second-order valence-electron chi connectivity index (χ2n) is 5.55. The van der Waals surface area contributed by atoms with Gasteiger partial charge >= 0.3 is 0 Å². The Morgan fingerprint density at radius 2 is 2.00 bits per heavy atom. The number of hydrogen-bond acceptors (Lipinski definition) is 4. The molecule has 0 radical (unpaired) electrons. The van der Waals surface area contributed by atoms with Gasteiger partial charge in [0.25, 0.3) is 0 Å². The Morgan fingerprint density at radius 3 is 2.75 bits per heavy atom. The number of carboxylic acids is 1. The summed E-state index contributed by atoms with van der Waals surface area (Å²) in [6.45, 7) is 1.02. The summed E-state index contributed by atoms with van der Waals surface area (Å²) in [6.07, 6.45) is 4.60. The third-order valence-corrected chi connectivity index (χ3v) is 4.17. The highest BCUT2D eigenvalue weighted by molar-refractivity contribution is 5.65. The first-order valence-electron chi connectivity index (χ1n) is 7.15. The van der Waals surface area contributed by atoms with Crippen molar-refractivity contribution in [2.75, 3.05) is 13.3 Å². The van der Waals surface area contributed by atoms with Crippen LogP contribution in [0.3, 0.4) is 0 Å². The standard InChI is InChI=1S/C15H19NO4/c17-15(18)9-16(12-3-1-2-4-12)8-11-5-6-13-14(7-11)20-10-19-13/h5-7,12H,1-4,8-10H2,(H,17,18). The van der Waals surface area contributed by atoms with Gasteiger partial charge < -0.3 is 24.3 Å². The fourth-order valence-corrected chi connectivity index (χ4v) is 3.18. The second kappa shape index (κ2) is 5.71. The molecule has 1 aromatic rings. The molecule has 0 aromatic heterocycles. The Bertz CT molecular complexity index is 497. The van der Waals surface area contributed by atoms with E-state index < -0.39 is 5.97 Å². The van der Waals surface area contributed by atoms with Gasteiger partial charge in [0.05, 0.1) is 12.0 Å². The lowest BCUT2D eigenvalue weighted by Crippen LogP contribution is -3.15. The maximum absolute atomic E-state index is 11.0. The summed E-state index contributed by atoms with van der Waals surface area (Å²) in [5.74, 6) is 0.533. The zero-order valence-corrected chi connectivity index (χ0v) is 11.4. The summed E-state index contributed by atoms with van der Waals surface area (Å²) in [6, 6.07) is 6.26. The Hall–Kier alpha value is -1.75. The molecule has 0 saturated heterocycles. The van der Waals surface area contributed by atoms with Gasteiger partial charge in [-0.1, -0.05) is 0 Å². The third-order valence-electron chi connectivity index (χ3n) is 4.17. The van der Waals surface area contributed by atoms with Gasteiger partial charge in [-0.05, 0) is 43.9 Å². The van der Waals surface area contributed by atoms with Crippen molar-refractivity contribution in [2.45, 2.75) is 38.3 Å². The largest absolute Gasteiger partial charge is 0.544 e. The van der Waals surface area contributed by atoms with Gasteiger partial charge in [-0.15, -0.1) is 0 Å². The van der Waals surface area contributed by atoms with Crippen LogP contribution in [0.4, 0.5) is 0 Å². The Morgan fingerprint density at radius 1 is 1.25 bits per heavy atom. The van der Waals surface area contributed by atoms with E-state index in [1.165, 1.54) is 12.8 Å². The molecule has 1 aliphatic carbocycles. The van der Waals surface area contributed by atoms with E-state index in [2.05, 4.69) is 0 Å². The molecule has 108 valence electrons. The topological polar surface area (TPSA) is 63.0 Å². The maximum Gasteiger partial charge on any atom is 0.231 e. The lowest BCUT2D eigenvalue weighted by atomic mass is 10.1. The van der Waals surface area contributed by atoms with Crippen LogP contribution in [-0.4, -0.2) is 25.3 Å². The van der Waals surface area contributed by atoms with Gasteiger partial charge in [-0.2, -0.15) is 0 Å². The number of rotatable bonds is 5. The van der Waals surface area contributed by atoms with E-state index in [0.717, 1.165) is 34.8 Å². The van der Waals surface area contributed by atoms with Crippen LogP contribution < -0.4 is 19.5 Å². The SMILES string of the molecule is O=C([O-])C[NH+](Cc1ccc2c(c1)OCO2)C1CCCC1. The number of benzene rings is 1. The summed E-state index contributed by atoms with van der Waals surface area (Å²) < 4.78 is 10.7. The van der Waals surface area contributed by atoms with Crippen LogP contribution in [0.15, 0.2) is 18.2 Å². The molecule has 2 aliphatic rings. The van der Waals surface area contributed by atoms with Crippen molar-refractivity contribution in [3.8, 4) is 11.5 Å². The van der Waals surface area contributed by atoms with Crippen LogP contribution in [0.1, 0.15) is 31.2 Å². The van der Waals surface area contributed by atoms with E-state index in [4.69, 9.17) is 9.47 Å². The molecule has 5 nitrogen and oxygen atoms in total.